The van der Waals surface area contributed by atoms with Crippen molar-refractivity contribution in [2.75, 3.05) is 31.2 Å². The Morgan fingerprint density at radius 1 is 1.07 bits per heavy atom. The van der Waals surface area contributed by atoms with Crippen molar-refractivity contribution in [1.82, 2.24) is 5.32 Å². The molecule has 27 heavy (non-hydrogen) atoms. The molecule has 0 bridgehead atoms. The van der Waals surface area contributed by atoms with Crippen molar-refractivity contribution in [2.24, 2.45) is 0 Å². The summed E-state index contributed by atoms with van der Waals surface area (Å²) in [4.78, 5) is 25.7. The minimum absolute atomic E-state index is 0.108. The maximum atomic E-state index is 12.1. The van der Waals surface area contributed by atoms with Gasteiger partial charge in [-0.25, -0.2) is 0 Å². The number of fused-ring (bicyclic) bond motifs is 1. The molecular formula is C20H21ClN2O4. The second kappa shape index (κ2) is 8.77. The van der Waals surface area contributed by atoms with Gasteiger partial charge in [-0.1, -0.05) is 23.7 Å². The number of benzene rings is 2. The van der Waals surface area contributed by atoms with Crippen LogP contribution in [0.3, 0.4) is 0 Å². The Morgan fingerprint density at radius 3 is 2.48 bits per heavy atom. The summed E-state index contributed by atoms with van der Waals surface area (Å²) in [6.07, 6.45) is 0.265. The number of rotatable bonds is 6. The molecule has 0 saturated carbocycles. The van der Waals surface area contributed by atoms with Crippen LogP contribution in [-0.2, 0) is 16.0 Å². The van der Waals surface area contributed by atoms with E-state index in [-0.39, 0.29) is 18.2 Å². The van der Waals surface area contributed by atoms with E-state index in [4.69, 9.17) is 21.1 Å². The largest absolute Gasteiger partial charge is 0.486 e. The highest BCUT2D eigenvalue weighted by atomic mass is 35.5. The standard InChI is InChI=1S/C20H21ClN2O4/c1-14(24)23(17-6-7-18-19(13-17)27-11-10-26-18)9-8-22-20(25)12-15-2-4-16(21)5-3-15/h2-7,13H,8-12H2,1H3,(H,22,25). The van der Waals surface area contributed by atoms with Crippen molar-refractivity contribution < 1.29 is 19.1 Å². The van der Waals surface area contributed by atoms with Crippen LogP contribution in [0.1, 0.15) is 12.5 Å². The highest BCUT2D eigenvalue weighted by molar-refractivity contribution is 6.30. The number of hydrogen-bond donors (Lipinski definition) is 1. The van der Waals surface area contributed by atoms with Crippen LogP contribution in [-0.4, -0.2) is 38.1 Å². The SMILES string of the molecule is CC(=O)N(CCNC(=O)Cc1ccc(Cl)cc1)c1ccc2c(c1)OCCO2. The Labute approximate surface area is 163 Å². The summed E-state index contributed by atoms with van der Waals surface area (Å²) in [7, 11) is 0. The first kappa shape index (κ1) is 19.0. The van der Waals surface area contributed by atoms with Crippen molar-refractivity contribution in [1.29, 1.82) is 0 Å². The highest BCUT2D eigenvalue weighted by Gasteiger charge is 2.17. The van der Waals surface area contributed by atoms with E-state index in [9.17, 15) is 9.59 Å². The molecule has 0 aliphatic carbocycles. The number of anilines is 1. The number of carbonyl (C=O) groups is 2. The fourth-order valence-corrected chi connectivity index (χ4v) is 2.95. The molecule has 0 aromatic heterocycles. The van der Waals surface area contributed by atoms with Gasteiger partial charge in [-0.05, 0) is 29.8 Å². The summed E-state index contributed by atoms with van der Waals surface area (Å²) >= 11 is 5.84. The Kier molecular flexibility index (Phi) is 6.19. The number of amides is 2. The van der Waals surface area contributed by atoms with Gasteiger partial charge in [0.2, 0.25) is 11.8 Å². The molecule has 7 heteroatoms. The molecule has 0 atom stereocenters. The number of carbonyl (C=O) groups excluding carboxylic acids is 2. The normalized spacial score (nSPS) is 12.4. The molecule has 2 amide bonds. The molecule has 0 fully saturated rings. The molecule has 0 spiro atoms. The Balaban J connectivity index is 1.56. The number of nitrogens with one attached hydrogen (secondary N) is 1. The second-order valence-corrected chi connectivity index (χ2v) is 6.59. The number of hydrogen-bond acceptors (Lipinski definition) is 4. The van der Waals surface area contributed by atoms with Gasteiger partial charge < -0.3 is 19.7 Å². The number of nitrogens with zero attached hydrogens (tertiary/aromatic N) is 1. The number of ether oxygens (including phenoxy) is 2. The lowest BCUT2D eigenvalue weighted by Crippen LogP contribution is -2.38. The summed E-state index contributed by atoms with van der Waals surface area (Å²) < 4.78 is 11.1. The second-order valence-electron chi connectivity index (χ2n) is 6.15. The van der Waals surface area contributed by atoms with Gasteiger partial charge in [-0.2, -0.15) is 0 Å². The van der Waals surface area contributed by atoms with Crippen molar-refractivity contribution >= 4 is 29.1 Å². The fourth-order valence-electron chi connectivity index (χ4n) is 2.83. The average molecular weight is 389 g/mol. The third-order valence-corrected chi connectivity index (χ3v) is 4.41. The lowest BCUT2D eigenvalue weighted by atomic mass is 10.1. The summed E-state index contributed by atoms with van der Waals surface area (Å²) in [5.41, 5.74) is 1.59. The maximum absolute atomic E-state index is 12.1. The van der Waals surface area contributed by atoms with Crippen LogP contribution >= 0.6 is 11.6 Å². The average Bonchev–Trinajstić information content (AvgIpc) is 2.66. The van der Waals surface area contributed by atoms with E-state index in [2.05, 4.69) is 5.32 Å². The molecule has 0 unspecified atom stereocenters. The number of halogens is 1. The Hall–Kier alpha value is -2.73. The summed E-state index contributed by atoms with van der Waals surface area (Å²) in [5.74, 6) is 1.07. The molecule has 1 heterocycles. The zero-order valence-corrected chi connectivity index (χ0v) is 15.8. The third-order valence-electron chi connectivity index (χ3n) is 4.15. The zero-order chi connectivity index (χ0) is 19.2. The van der Waals surface area contributed by atoms with Crippen molar-refractivity contribution in [2.45, 2.75) is 13.3 Å². The van der Waals surface area contributed by atoms with Crippen molar-refractivity contribution in [3.05, 3.63) is 53.1 Å². The van der Waals surface area contributed by atoms with Crippen LogP contribution in [0.2, 0.25) is 5.02 Å². The van der Waals surface area contributed by atoms with Gasteiger partial charge >= 0.3 is 0 Å². The first-order chi connectivity index (χ1) is 13.0. The molecule has 0 saturated heterocycles. The lowest BCUT2D eigenvalue weighted by Gasteiger charge is -2.24. The highest BCUT2D eigenvalue weighted by Crippen LogP contribution is 2.33. The quantitative estimate of drug-likeness (QED) is 0.826. The van der Waals surface area contributed by atoms with E-state index in [0.29, 0.717) is 48.5 Å². The van der Waals surface area contributed by atoms with Gasteiger partial charge in [-0.15, -0.1) is 0 Å². The predicted octanol–water partition coefficient (Wildman–Crippen LogP) is 2.82. The fraction of sp³-hybridized carbons (Fsp3) is 0.300. The van der Waals surface area contributed by atoms with Gasteiger partial charge in [0, 0.05) is 36.8 Å². The molecule has 2 aromatic rings. The van der Waals surface area contributed by atoms with Gasteiger partial charge in [0.15, 0.2) is 11.5 Å². The first-order valence-corrected chi connectivity index (χ1v) is 9.09. The lowest BCUT2D eigenvalue weighted by molar-refractivity contribution is -0.121. The van der Waals surface area contributed by atoms with Crippen molar-refractivity contribution in [3.63, 3.8) is 0 Å². The van der Waals surface area contributed by atoms with E-state index in [1.54, 1.807) is 29.2 Å². The van der Waals surface area contributed by atoms with Gasteiger partial charge in [0.05, 0.1) is 6.42 Å². The van der Waals surface area contributed by atoms with Crippen LogP contribution in [0.5, 0.6) is 11.5 Å². The molecule has 1 aliphatic heterocycles. The van der Waals surface area contributed by atoms with E-state index in [1.165, 1.54) is 6.92 Å². The molecule has 2 aromatic carbocycles. The van der Waals surface area contributed by atoms with E-state index in [0.717, 1.165) is 5.56 Å². The van der Waals surface area contributed by atoms with Crippen LogP contribution in [0.15, 0.2) is 42.5 Å². The predicted molar refractivity (Wildman–Crippen MR) is 104 cm³/mol. The molecule has 1 N–H and O–H groups in total. The minimum Gasteiger partial charge on any atom is -0.486 e. The topological polar surface area (TPSA) is 67.9 Å². The van der Waals surface area contributed by atoms with Crippen LogP contribution in [0.25, 0.3) is 0 Å². The molecule has 6 nitrogen and oxygen atoms in total. The van der Waals surface area contributed by atoms with E-state index < -0.39 is 0 Å². The molecular weight excluding hydrogens is 368 g/mol. The van der Waals surface area contributed by atoms with E-state index >= 15 is 0 Å². The van der Waals surface area contributed by atoms with Gasteiger partial charge in [0.25, 0.3) is 0 Å². The smallest absolute Gasteiger partial charge is 0.224 e. The van der Waals surface area contributed by atoms with Gasteiger partial charge in [-0.3, -0.25) is 9.59 Å². The third kappa shape index (κ3) is 5.14. The zero-order valence-electron chi connectivity index (χ0n) is 15.0. The van der Waals surface area contributed by atoms with Crippen molar-refractivity contribution in [3.8, 4) is 11.5 Å². The first-order valence-electron chi connectivity index (χ1n) is 8.72. The molecule has 0 radical (unpaired) electrons. The summed E-state index contributed by atoms with van der Waals surface area (Å²) in [5, 5.41) is 3.48. The van der Waals surface area contributed by atoms with Gasteiger partial charge in [0.1, 0.15) is 13.2 Å². The molecule has 3 rings (SSSR count). The molecule has 142 valence electrons. The van der Waals surface area contributed by atoms with Crippen LogP contribution in [0, 0.1) is 0 Å². The Morgan fingerprint density at radius 2 is 1.78 bits per heavy atom. The van der Waals surface area contributed by atoms with E-state index in [1.807, 2.05) is 18.2 Å². The summed E-state index contributed by atoms with van der Waals surface area (Å²) in [6.45, 7) is 3.20. The van der Waals surface area contributed by atoms with Crippen LogP contribution in [0.4, 0.5) is 5.69 Å². The minimum atomic E-state index is -0.112. The summed E-state index contributed by atoms with van der Waals surface area (Å²) in [6, 6.07) is 12.5. The Bertz CT molecular complexity index is 823. The molecule has 1 aliphatic rings. The monoisotopic (exact) mass is 388 g/mol. The van der Waals surface area contributed by atoms with Crippen LogP contribution < -0.4 is 19.7 Å². The maximum Gasteiger partial charge on any atom is 0.224 e.